The van der Waals surface area contributed by atoms with Gasteiger partial charge in [-0.3, -0.25) is 0 Å². The van der Waals surface area contributed by atoms with Gasteiger partial charge in [0.2, 0.25) is 0 Å². The van der Waals surface area contributed by atoms with E-state index >= 15 is 0 Å². The van der Waals surface area contributed by atoms with E-state index in [2.05, 4.69) is 31.3 Å². The van der Waals surface area contributed by atoms with Gasteiger partial charge in [-0.05, 0) is 57.9 Å². The second-order valence-electron chi connectivity index (χ2n) is 6.80. The topological polar surface area (TPSA) is 47.6 Å². The van der Waals surface area contributed by atoms with Gasteiger partial charge in [0.25, 0.3) is 0 Å². The first kappa shape index (κ1) is 15.7. The third kappa shape index (κ3) is 4.66. The van der Waals surface area contributed by atoms with E-state index in [-0.39, 0.29) is 18.2 Å². The molecule has 1 aliphatic carbocycles. The number of ether oxygens (including phenoxy) is 2. The molecular weight excluding hydrogens is 266 g/mol. The maximum Gasteiger partial charge on any atom is 0.407 e. The van der Waals surface area contributed by atoms with Crippen LogP contribution in [-0.2, 0) is 4.74 Å². The van der Waals surface area contributed by atoms with E-state index < -0.39 is 5.60 Å². The Balaban J connectivity index is 1.74. The summed E-state index contributed by atoms with van der Waals surface area (Å²) in [5.74, 6) is 0.902. The van der Waals surface area contributed by atoms with Crippen LogP contribution >= 0.6 is 0 Å². The molecule has 21 heavy (non-hydrogen) atoms. The molecule has 0 spiro atoms. The van der Waals surface area contributed by atoms with Gasteiger partial charge in [-0.2, -0.15) is 0 Å². The van der Waals surface area contributed by atoms with Gasteiger partial charge >= 0.3 is 6.09 Å². The number of amides is 1. The number of alkyl carbamates (subject to hydrolysis) is 1. The van der Waals surface area contributed by atoms with Gasteiger partial charge in [0.05, 0.1) is 0 Å². The Morgan fingerprint density at radius 1 is 1.19 bits per heavy atom. The fourth-order valence-corrected chi connectivity index (χ4v) is 2.23. The summed E-state index contributed by atoms with van der Waals surface area (Å²) in [6.45, 7) is 9.75. The minimum Gasteiger partial charge on any atom is -0.490 e. The Kier molecular flexibility index (Phi) is 4.45. The molecule has 4 nitrogen and oxygen atoms in total. The van der Waals surface area contributed by atoms with E-state index in [4.69, 9.17) is 9.47 Å². The molecule has 0 radical (unpaired) electrons. The van der Waals surface area contributed by atoms with E-state index in [1.54, 1.807) is 0 Å². The van der Waals surface area contributed by atoms with Gasteiger partial charge in [0.15, 0.2) is 0 Å². The molecule has 1 aliphatic rings. The molecule has 0 unspecified atom stereocenters. The van der Waals surface area contributed by atoms with Gasteiger partial charge in [-0.15, -0.1) is 0 Å². The number of benzene rings is 1. The summed E-state index contributed by atoms with van der Waals surface area (Å²) >= 11 is 0. The van der Waals surface area contributed by atoms with Crippen molar-refractivity contribution in [3.63, 3.8) is 0 Å². The van der Waals surface area contributed by atoms with Crippen molar-refractivity contribution in [1.29, 1.82) is 0 Å². The summed E-state index contributed by atoms with van der Waals surface area (Å²) in [5.41, 5.74) is 2.04. The van der Waals surface area contributed by atoms with Crippen molar-refractivity contribution in [2.75, 3.05) is 0 Å². The van der Waals surface area contributed by atoms with Gasteiger partial charge in [-0.25, -0.2) is 4.79 Å². The van der Waals surface area contributed by atoms with Crippen LogP contribution in [0.2, 0.25) is 0 Å². The Morgan fingerprint density at radius 3 is 2.43 bits per heavy atom. The van der Waals surface area contributed by atoms with Crippen molar-refractivity contribution in [1.82, 2.24) is 5.32 Å². The number of carbonyl (C=O) groups is 1. The van der Waals surface area contributed by atoms with Crippen LogP contribution in [0.1, 0.15) is 44.7 Å². The lowest BCUT2D eigenvalue weighted by Crippen LogP contribution is -2.50. The molecule has 1 fully saturated rings. The standard InChI is InChI=1S/C17H25NO3/c1-11-6-7-14(8-12(11)2)20-15-9-13(10-15)18-16(19)21-17(3,4)5/h6-8,13,15H,9-10H2,1-5H3,(H,18,19). The highest BCUT2D eigenvalue weighted by molar-refractivity contribution is 5.68. The van der Waals surface area contributed by atoms with Crippen LogP contribution in [0.15, 0.2) is 18.2 Å². The summed E-state index contributed by atoms with van der Waals surface area (Å²) in [6.07, 6.45) is 1.47. The number of carbonyl (C=O) groups excluding carboxylic acids is 1. The average molecular weight is 291 g/mol. The predicted molar refractivity (Wildman–Crippen MR) is 82.7 cm³/mol. The summed E-state index contributed by atoms with van der Waals surface area (Å²) in [5, 5.41) is 2.87. The second kappa shape index (κ2) is 5.96. The first-order chi connectivity index (χ1) is 9.73. The molecule has 1 aromatic carbocycles. The molecule has 4 heteroatoms. The first-order valence-corrected chi connectivity index (χ1v) is 7.46. The van der Waals surface area contributed by atoms with Crippen LogP contribution in [0, 0.1) is 13.8 Å². The number of nitrogens with one attached hydrogen (secondary N) is 1. The van der Waals surface area contributed by atoms with E-state index in [0.717, 1.165) is 18.6 Å². The molecule has 0 atom stereocenters. The second-order valence-corrected chi connectivity index (χ2v) is 6.80. The highest BCUT2D eigenvalue weighted by Crippen LogP contribution is 2.27. The van der Waals surface area contributed by atoms with E-state index in [1.807, 2.05) is 26.8 Å². The highest BCUT2D eigenvalue weighted by atomic mass is 16.6. The van der Waals surface area contributed by atoms with Crippen molar-refractivity contribution < 1.29 is 14.3 Å². The van der Waals surface area contributed by atoms with Crippen molar-refractivity contribution >= 4 is 6.09 Å². The van der Waals surface area contributed by atoms with E-state index in [1.165, 1.54) is 11.1 Å². The highest BCUT2D eigenvalue weighted by Gasteiger charge is 2.33. The Bertz CT molecular complexity index is 513. The summed E-state index contributed by atoms with van der Waals surface area (Å²) in [6, 6.07) is 6.28. The van der Waals surface area contributed by atoms with Crippen LogP contribution in [0.4, 0.5) is 4.79 Å². The SMILES string of the molecule is Cc1ccc(OC2CC(NC(=O)OC(C)(C)C)C2)cc1C. The Labute approximate surface area is 126 Å². The zero-order valence-corrected chi connectivity index (χ0v) is 13.5. The molecule has 0 aliphatic heterocycles. The minimum absolute atomic E-state index is 0.149. The molecular formula is C17H25NO3. The maximum absolute atomic E-state index is 11.6. The molecule has 1 saturated carbocycles. The van der Waals surface area contributed by atoms with Crippen molar-refractivity contribution in [3.8, 4) is 5.75 Å². The molecule has 116 valence electrons. The number of hydrogen-bond donors (Lipinski definition) is 1. The fourth-order valence-electron chi connectivity index (χ4n) is 2.23. The van der Waals surface area contributed by atoms with Crippen LogP contribution < -0.4 is 10.1 Å². The summed E-state index contributed by atoms with van der Waals surface area (Å²) in [7, 11) is 0. The smallest absolute Gasteiger partial charge is 0.407 e. The summed E-state index contributed by atoms with van der Waals surface area (Å²) < 4.78 is 11.1. The third-order valence-electron chi connectivity index (χ3n) is 3.60. The quantitative estimate of drug-likeness (QED) is 0.923. The largest absolute Gasteiger partial charge is 0.490 e. The molecule has 1 aromatic rings. The minimum atomic E-state index is -0.455. The molecule has 0 saturated heterocycles. The normalized spacial score (nSPS) is 21.4. The molecule has 0 aromatic heterocycles. The molecule has 2 rings (SSSR count). The van der Waals surface area contributed by atoms with Crippen LogP contribution in [0.3, 0.4) is 0 Å². The Hall–Kier alpha value is -1.71. The first-order valence-electron chi connectivity index (χ1n) is 7.46. The van der Waals surface area contributed by atoms with Crippen molar-refractivity contribution in [2.24, 2.45) is 0 Å². The van der Waals surface area contributed by atoms with Gasteiger partial charge < -0.3 is 14.8 Å². The predicted octanol–water partition coefficient (Wildman–Crippen LogP) is 3.74. The Morgan fingerprint density at radius 2 is 1.86 bits per heavy atom. The van der Waals surface area contributed by atoms with Gasteiger partial charge in [0.1, 0.15) is 17.5 Å². The van der Waals surface area contributed by atoms with Crippen molar-refractivity contribution in [3.05, 3.63) is 29.3 Å². The van der Waals surface area contributed by atoms with Crippen LogP contribution in [-0.4, -0.2) is 23.8 Å². The molecule has 0 heterocycles. The summed E-state index contributed by atoms with van der Waals surface area (Å²) in [4.78, 5) is 11.6. The lowest BCUT2D eigenvalue weighted by atomic mass is 9.89. The van der Waals surface area contributed by atoms with Crippen molar-refractivity contribution in [2.45, 2.75) is 65.2 Å². The average Bonchev–Trinajstić information content (AvgIpc) is 2.28. The lowest BCUT2D eigenvalue weighted by Gasteiger charge is -2.36. The van der Waals surface area contributed by atoms with E-state index in [9.17, 15) is 4.79 Å². The number of hydrogen-bond acceptors (Lipinski definition) is 3. The van der Waals surface area contributed by atoms with Gasteiger partial charge in [-0.1, -0.05) is 6.07 Å². The number of rotatable bonds is 3. The third-order valence-corrected chi connectivity index (χ3v) is 3.60. The maximum atomic E-state index is 11.6. The molecule has 1 amide bonds. The van der Waals surface area contributed by atoms with E-state index in [0.29, 0.717) is 0 Å². The zero-order chi connectivity index (χ0) is 15.6. The fraction of sp³-hybridized carbons (Fsp3) is 0.588. The molecule has 1 N–H and O–H groups in total. The van der Waals surface area contributed by atoms with Gasteiger partial charge in [0, 0.05) is 18.9 Å². The lowest BCUT2D eigenvalue weighted by molar-refractivity contribution is 0.0363. The molecule has 0 bridgehead atoms. The monoisotopic (exact) mass is 291 g/mol. The van der Waals surface area contributed by atoms with Crippen LogP contribution in [0.5, 0.6) is 5.75 Å². The van der Waals surface area contributed by atoms with Crippen LogP contribution in [0.25, 0.3) is 0 Å². The number of aryl methyl sites for hydroxylation is 2. The zero-order valence-electron chi connectivity index (χ0n) is 13.5.